The van der Waals surface area contributed by atoms with E-state index in [1.54, 1.807) is 35.1 Å². The Balaban J connectivity index is 1.84. The van der Waals surface area contributed by atoms with Gasteiger partial charge >= 0.3 is 0 Å². The third-order valence-corrected chi connectivity index (χ3v) is 6.43. The summed E-state index contributed by atoms with van der Waals surface area (Å²) in [5, 5.41) is 0. The molecule has 7 heteroatoms. The number of anilines is 1. The van der Waals surface area contributed by atoms with Crippen LogP contribution in [0.15, 0.2) is 42.5 Å². The van der Waals surface area contributed by atoms with Crippen molar-refractivity contribution < 1.29 is 18.7 Å². The molecule has 0 aromatic heterocycles. The molecular weight excluding hydrogens is 367 g/mol. The Hall–Kier alpha value is -2.54. The summed E-state index contributed by atoms with van der Waals surface area (Å²) in [6.45, 7) is 2.23. The van der Waals surface area contributed by atoms with Gasteiger partial charge in [-0.05, 0) is 35.9 Å². The number of thioether (sulfide) groups is 1. The lowest BCUT2D eigenvalue weighted by molar-refractivity contribution is -0.138. The van der Waals surface area contributed by atoms with Crippen molar-refractivity contribution in [2.24, 2.45) is 0 Å². The Kier molecular flexibility index (Phi) is 4.34. The van der Waals surface area contributed by atoms with Gasteiger partial charge in [-0.1, -0.05) is 12.1 Å². The van der Waals surface area contributed by atoms with Gasteiger partial charge in [-0.15, -0.1) is 11.8 Å². The van der Waals surface area contributed by atoms with E-state index in [0.717, 1.165) is 11.3 Å². The lowest BCUT2D eigenvalue weighted by Crippen LogP contribution is -2.49. The molecule has 140 valence electrons. The maximum absolute atomic E-state index is 13.6. The monoisotopic (exact) mass is 386 g/mol. The van der Waals surface area contributed by atoms with E-state index >= 15 is 0 Å². The van der Waals surface area contributed by atoms with Crippen LogP contribution in [0.5, 0.6) is 5.75 Å². The van der Waals surface area contributed by atoms with Gasteiger partial charge in [0.05, 0.1) is 19.3 Å². The van der Waals surface area contributed by atoms with E-state index in [9.17, 15) is 14.0 Å². The average Bonchev–Trinajstić information content (AvgIpc) is 3.19. The number of carbonyl (C=O) groups excluding carboxylic acids is 2. The first kappa shape index (κ1) is 17.9. The minimum Gasteiger partial charge on any atom is -0.497 e. The van der Waals surface area contributed by atoms with Gasteiger partial charge in [-0.2, -0.15) is 0 Å². The Bertz CT molecular complexity index is 935. The van der Waals surface area contributed by atoms with Gasteiger partial charge in [-0.3, -0.25) is 9.59 Å². The van der Waals surface area contributed by atoms with Gasteiger partial charge in [0.15, 0.2) is 4.87 Å². The number of ether oxygens (including phenoxy) is 1. The molecule has 0 unspecified atom stereocenters. The zero-order chi connectivity index (χ0) is 19.2. The second-order valence-corrected chi connectivity index (χ2v) is 7.86. The second kappa shape index (κ2) is 6.56. The molecule has 2 aromatic rings. The quantitative estimate of drug-likeness (QED) is 0.813. The van der Waals surface area contributed by atoms with Gasteiger partial charge < -0.3 is 14.5 Å². The van der Waals surface area contributed by atoms with Crippen molar-refractivity contribution in [1.29, 1.82) is 0 Å². The normalized spacial score (nSPS) is 21.1. The van der Waals surface area contributed by atoms with Crippen LogP contribution in [0.1, 0.15) is 18.1 Å². The molecule has 2 aromatic carbocycles. The minimum atomic E-state index is -1.08. The summed E-state index contributed by atoms with van der Waals surface area (Å²) in [6.07, 6.45) is 0. The number of hydrogen-bond acceptors (Lipinski definition) is 4. The second-order valence-electron chi connectivity index (χ2n) is 6.57. The summed E-state index contributed by atoms with van der Waals surface area (Å²) in [5.41, 5.74) is 2.17. The lowest BCUT2D eigenvalue weighted by Gasteiger charge is -2.32. The SMILES string of the molecule is COc1ccc2c(c1)[C@@]1(SCCN1C(C)=O)C(=O)N2Cc1cccc(F)c1. The van der Waals surface area contributed by atoms with Crippen LogP contribution in [0.3, 0.4) is 0 Å². The molecule has 1 fully saturated rings. The molecule has 2 aliphatic heterocycles. The van der Waals surface area contributed by atoms with E-state index in [2.05, 4.69) is 0 Å². The summed E-state index contributed by atoms with van der Waals surface area (Å²) in [6, 6.07) is 11.7. The van der Waals surface area contributed by atoms with E-state index in [0.29, 0.717) is 23.6 Å². The van der Waals surface area contributed by atoms with Crippen LogP contribution < -0.4 is 9.64 Å². The third kappa shape index (κ3) is 2.68. The third-order valence-electron chi connectivity index (χ3n) is 5.01. The number of benzene rings is 2. The molecule has 2 aliphatic rings. The fourth-order valence-corrected chi connectivity index (χ4v) is 5.33. The zero-order valence-electron chi connectivity index (χ0n) is 15.1. The van der Waals surface area contributed by atoms with Crippen LogP contribution in [0.2, 0.25) is 0 Å². The lowest BCUT2D eigenvalue weighted by atomic mass is 10.1. The molecule has 0 radical (unpaired) electrons. The van der Waals surface area contributed by atoms with Gasteiger partial charge in [0.1, 0.15) is 11.6 Å². The fraction of sp³-hybridized carbons (Fsp3) is 0.300. The maximum atomic E-state index is 13.6. The Morgan fingerprint density at radius 1 is 1.30 bits per heavy atom. The van der Waals surface area contributed by atoms with Gasteiger partial charge in [0.2, 0.25) is 5.91 Å². The van der Waals surface area contributed by atoms with Crippen LogP contribution in [0, 0.1) is 5.82 Å². The van der Waals surface area contributed by atoms with Crippen molar-refractivity contribution in [3.63, 3.8) is 0 Å². The smallest absolute Gasteiger partial charge is 0.268 e. The van der Waals surface area contributed by atoms with E-state index in [1.165, 1.54) is 30.8 Å². The minimum absolute atomic E-state index is 0.144. The number of halogens is 1. The zero-order valence-corrected chi connectivity index (χ0v) is 15.9. The summed E-state index contributed by atoms with van der Waals surface area (Å²) in [4.78, 5) is 28.0. The fourth-order valence-electron chi connectivity index (χ4n) is 3.83. The number of rotatable bonds is 3. The molecule has 1 atom stereocenters. The van der Waals surface area contributed by atoms with Crippen LogP contribution in [0.4, 0.5) is 10.1 Å². The van der Waals surface area contributed by atoms with Crippen molar-refractivity contribution >= 4 is 29.3 Å². The summed E-state index contributed by atoms with van der Waals surface area (Å²) >= 11 is 1.46. The van der Waals surface area contributed by atoms with E-state index in [-0.39, 0.29) is 24.2 Å². The maximum Gasteiger partial charge on any atom is 0.268 e. The Morgan fingerprint density at radius 2 is 2.11 bits per heavy atom. The molecule has 2 amide bonds. The molecule has 0 bridgehead atoms. The molecule has 1 saturated heterocycles. The van der Waals surface area contributed by atoms with Crippen LogP contribution in [-0.2, 0) is 21.0 Å². The van der Waals surface area contributed by atoms with Crippen LogP contribution in [-0.4, -0.2) is 36.1 Å². The standard InChI is InChI=1S/C20H19FN2O3S/c1-13(24)23-8-9-27-20(23)17-11-16(26-2)6-7-18(17)22(19(20)25)12-14-4-3-5-15(21)10-14/h3-7,10-11H,8-9,12H2,1-2H3/t20-/m1/s1. The van der Waals surface area contributed by atoms with Crippen molar-refractivity contribution in [2.75, 3.05) is 24.3 Å². The predicted molar refractivity (Wildman–Crippen MR) is 102 cm³/mol. The highest BCUT2D eigenvalue weighted by Crippen LogP contribution is 2.55. The summed E-state index contributed by atoms with van der Waals surface area (Å²) in [7, 11) is 1.57. The number of carbonyl (C=O) groups is 2. The van der Waals surface area contributed by atoms with Crippen molar-refractivity contribution in [3.8, 4) is 5.75 Å². The molecule has 0 N–H and O–H groups in total. The topological polar surface area (TPSA) is 49.9 Å². The first-order valence-electron chi connectivity index (χ1n) is 8.64. The molecule has 0 saturated carbocycles. The molecule has 1 spiro atoms. The summed E-state index contributed by atoms with van der Waals surface area (Å²) in [5.74, 6) is 0.645. The highest BCUT2D eigenvalue weighted by molar-refractivity contribution is 8.01. The molecule has 0 aliphatic carbocycles. The van der Waals surface area contributed by atoms with Crippen molar-refractivity contribution in [2.45, 2.75) is 18.3 Å². The number of nitrogens with zero attached hydrogens (tertiary/aromatic N) is 2. The van der Waals surface area contributed by atoms with E-state index in [4.69, 9.17) is 4.74 Å². The summed E-state index contributed by atoms with van der Waals surface area (Å²) < 4.78 is 19.0. The Labute approximate surface area is 161 Å². The highest BCUT2D eigenvalue weighted by atomic mass is 32.2. The van der Waals surface area contributed by atoms with Crippen molar-refractivity contribution in [3.05, 3.63) is 59.4 Å². The van der Waals surface area contributed by atoms with Crippen LogP contribution >= 0.6 is 11.8 Å². The largest absolute Gasteiger partial charge is 0.497 e. The molecular formula is C20H19FN2O3S. The van der Waals surface area contributed by atoms with E-state index < -0.39 is 4.87 Å². The van der Waals surface area contributed by atoms with Crippen LogP contribution in [0.25, 0.3) is 0 Å². The predicted octanol–water partition coefficient (Wildman–Crippen LogP) is 3.13. The van der Waals surface area contributed by atoms with Gasteiger partial charge in [0, 0.05) is 24.8 Å². The van der Waals surface area contributed by atoms with Gasteiger partial charge in [0.25, 0.3) is 5.91 Å². The number of amides is 2. The molecule has 5 nitrogen and oxygen atoms in total. The molecule has 4 rings (SSSR count). The first-order chi connectivity index (χ1) is 13.0. The number of fused-ring (bicyclic) bond motifs is 2. The highest BCUT2D eigenvalue weighted by Gasteiger charge is 2.58. The van der Waals surface area contributed by atoms with Gasteiger partial charge in [-0.25, -0.2) is 4.39 Å². The molecule has 2 heterocycles. The Morgan fingerprint density at radius 3 is 2.81 bits per heavy atom. The van der Waals surface area contributed by atoms with E-state index in [1.807, 2.05) is 12.1 Å². The van der Waals surface area contributed by atoms with Crippen molar-refractivity contribution in [1.82, 2.24) is 4.90 Å². The first-order valence-corrected chi connectivity index (χ1v) is 9.63. The average molecular weight is 386 g/mol. The number of hydrogen-bond donors (Lipinski definition) is 0. The molecule has 27 heavy (non-hydrogen) atoms. The number of methoxy groups -OCH3 is 1.